The van der Waals surface area contributed by atoms with Gasteiger partial charge in [0.2, 0.25) is 0 Å². The Bertz CT molecular complexity index is 383. The number of carbonyl (C=O) groups is 1. The van der Waals surface area contributed by atoms with E-state index < -0.39 is 0 Å². The average Bonchev–Trinajstić information content (AvgIpc) is 2.29. The zero-order valence-corrected chi connectivity index (χ0v) is 9.66. The van der Waals surface area contributed by atoms with Gasteiger partial charge in [0.25, 0.3) is 0 Å². The van der Waals surface area contributed by atoms with E-state index in [0.717, 1.165) is 11.3 Å². The van der Waals surface area contributed by atoms with Crippen LogP contribution >= 0.6 is 0 Å². The van der Waals surface area contributed by atoms with Crippen LogP contribution < -0.4 is 4.74 Å². The molecule has 3 heteroatoms. The quantitative estimate of drug-likeness (QED) is 0.564. The molecule has 16 heavy (non-hydrogen) atoms. The molecule has 0 fully saturated rings. The molecule has 1 aromatic rings. The lowest BCUT2D eigenvalue weighted by atomic mass is 10.1. The molecule has 0 aromatic heterocycles. The summed E-state index contributed by atoms with van der Waals surface area (Å²) >= 11 is 0. The molecule has 0 atom stereocenters. The summed E-state index contributed by atoms with van der Waals surface area (Å²) in [5.41, 5.74) is 1.44. The Balaban J connectivity index is 2.48. The van der Waals surface area contributed by atoms with Gasteiger partial charge in [0.15, 0.2) is 0 Å². The molecule has 3 nitrogen and oxygen atoms in total. The summed E-state index contributed by atoms with van der Waals surface area (Å²) in [7, 11) is 1.62. The van der Waals surface area contributed by atoms with Crippen LogP contribution in [-0.2, 0) is 16.0 Å². The number of hydrogen-bond donors (Lipinski definition) is 0. The highest BCUT2D eigenvalue weighted by molar-refractivity contribution is 5.86. The summed E-state index contributed by atoms with van der Waals surface area (Å²) < 4.78 is 10.2. The first-order valence-electron chi connectivity index (χ1n) is 5.09. The van der Waals surface area contributed by atoms with E-state index >= 15 is 0 Å². The third-order valence-corrected chi connectivity index (χ3v) is 2.15. The van der Waals surface area contributed by atoms with Crippen molar-refractivity contribution >= 4 is 5.97 Å². The third kappa shape index (κ3) is 3.42. The van der Waals surface area contributed by atoms with Gasteiger partial charge >= 0.3 is 5.97 Å². The van der Waals surface area contributed by atoms with Crippen molar-refractivity contribution in [2.45, 2.75) is 13.3 Å². The highest BCUT2D eigenvalue weighted by Crippen LogP contribution is 2.17. The lowest BCUT2D eigenvalue weighted by Gasteiger charge is -2.08. The van der Waals surface area contributed by atoms with Crippen molar-refractivity contribution < 1.29 is 14.3 Å². The number of esters is 1. The molecule has 1 rings (SSSR count). The highest BCUT2D eigenvalue weighted by Gasteiger charge is 2.05. The van der Waals surface area contributed by atoms with E-state index in [2.05, 4.69) is 6.58 Å². The second-order valence-corrected chi connectivity index (χ2v) is 3.48. The number of ether oxygens (including phenoxy) is 2. The van der Waals surface area contributed by atoms with Crippen molar-refractivity contribution in [3.05, 3.63) is 42.0 Å². The minimum absolute atomic E-state index is 0.339. The van der Waals surface area contributed by atoms with Gasteiger partial charge in [-0.25, -0.2) is 4.79 Å². The molecular weight excluding hydrogens is 204 g/mol. The first kappa shape index (κ1) is 12.3. The van der Waals surface area contributed by atoms with E-state index in [1.54, 1.807) is 14.0 Å². The number of hydrogen-bond acceptors (Lipinski definition) is 3. The van der Waals surface area contributed by atoms with Gasteiger partial charge in [-0.15, -0.1) is 0 Å². The van der Waals surface area contributed by atoms with Gasteiger partial charge in [0.05, 0.1) is 13.7 Å². The van der Waals surface area contributed by atoms with E-state index in [1.807, 2.05) is 24.3 Å². The Morgan fingerprint density at radius 1 is 1.38 bits per heavy atom. The molecule has 0 bridgehead atoms. The molecule has 0 amide bonds. The second-order valence-electron chi connectivity index (χ2n) is 3.48. The second kappa shape index (κ2) is 5.95. The van der Waals surface area contributed by atoms with Crippen LogP contribution in [0.15, 0.2) is 36.4 Å². The maximum Gasteiger partial charge on any atom is 0.333 e. The van der Waals surface area contributed by atoms with Gasteiger partial charge in [0, 0.05) is 12.0 Å². The normalized spacial score (nSPS) is 9.62. The SMILES string of the molecule is C=C(C)C(=O)OCCc1ccccc1OC. The number of para-hydroxylation sites is 1. The minimum Gasteiger partial charge on any atom is -0.496 e. The molecule has 0 unspecified atom stereocenters. The van der Waals surface area contributed by atoms with E-state index in [4.69, 9.17) is 9.47 Å². The Hall–Kier alpha value is -1.77. The largest absolute Gasteiger partial charge is 0.496 e. The van der Waals surface area contributed by atoms with Crippen LogP contribution in [0.2, 0.25) is 0 Å². The van der Waals surface area contributed by atoms with Crippen LogP contribution in [0.5, 0.6) is 5.75 Å². The van der Waals surface area contributed by atoms with Gasteiger partial charge in [0.1, 0.15) is 5.75 Å². The maximum atomic E-state index is 11.1. The van der Waals surface area contributed by atoms with Crippen molar-refractivity contribution in [3.63, 3.8) is 0 Å². The van der Waals surface area contributed by atoms with Crippen LogP contribution in [-0.4, -0.2) is 19.7 Å². The molecule has 86 valence electrons. The van der Waals surface area contributed by atoms with Gasteiger partial charge in [-0.05, 0) is 18.6 Å². The van der Waals surface area contributed by atoms with Gasteiger partial charge in [-0.2, -0.15) is 0 Å². The monoisotopic (exact) mass is 220 g/mol. The minimum atomic E-state index is -0.352. The van der Waals surface area contributed by atoms with E-state index in [9.17, 15) is 4.79 Å². The fourth-order valence-electron chi connectivity index (χ4n) is 1.29. The lowest BCUT2D eigenvalue weighted by molar-refractivity contribution is -0.138. The van der Waals surface area contributed by atoms with Crippen molar-refractivity contribution in [3.8, 4) is 5.75 Å². The zero-order chi connectivity index (χ0) is 12.0. The average molecular weight is 220 g/mol. The molecule has 0 aliphatic rings. The lowest BCUT2D eigenvalue weighted by Crippen LogP contribution is -2.08. The fourth-order valence-corrected chi connectivity index (χ4v) is 1.29. The molecule has 0 radical (unpaired) electrons. The first-order valence-corrected chi connectivity index (χ1v) is 5.09. The van der Waals surface area contributed by atoms with Gasteiger partial charge in [-0.1, -0.05) is 24.8 Å². The summed E-state index contributed by atoms with van der Waals surface area (Å²) in [6.45, 7) is 5.48. The molecule has 0 N–H and O–H groups in total. The molecule has 0 saturated heterocycles. The predicted octanol–water partition coefficient (Wildman–Crippen LogP) is 2.36. The standard InChI is InChI=1S/C13H16O3/c1-10(2)13(14)16-9-8-11-6-4-5-7-12(11)15-3/h4-7H,1,8-9H2,2-3H3. The van der Waals surface area contributed by atoms with E-state index in [0.29, 0.717) is 18.6 Å². The van der Waals surface area contributed by atoms with Crippen molar-refractivity contribution in [1.82, 2.24) is 0 Å². The third-order valence-electron chi connectivity index (χ3n) is 2.15. The van der Waals surface area contributed by atoms with Crippen LogP contribution in [0, 0.1) is 0 Å². The summed E-state index contributed by atoms with van der Waals surface area (Å²) in [4.78, 5) is 11.1. The molecule has 0 saturated carbocycles. The number of carbonyl (C=O) groups excluding carboxylic acids is 1. The van der Waals surface area contributed by atoms with Crippen molar-refractivity contribution in [2.24, 2.45) is 0 Å². The molecule has 0 aliphatic heterocycles. The van der Waals surface area contributed by atoms with Crippen LogP contribution in [0.4, 0.5) is 0 Å². The first-order chi connectivity index (χ1) is 7.65. The van der Waals surface area contributed by atoms with E-state index in [1.165, 1.54) is 0 Å². The van der Waals surface area contributed by atoms with Crippen molar-refractivity contribution in [2.75, 3.05) is 13.7 Å². The van der Waals surface area contributed by atoms with Crippen LogP contribution in [0.1, 0.15) is 12.5 Å². The van der Waals surface area contributed by atoms with E-state index in [-0.39, 0.29) is 5.97 Å². The number of benzene rings is 1. The Morgan fingerprint density at radius 3 is 2.69 bits per heavy atom. The molecule has 0 spiro atoms. The Labute approximate surface area is 95.7 Å². The van der Waals surface area contributed by atoms with Gasteiger partial charge < -0.3 is 9.47 Å². The summed E-state index contributed by atoms with van der Waals surface area (Å²) in [6, 6.07) is 7.67. The summed E-state index contributed by atoms with van der Waals surface area (Å²) in [6.07, 6.45) is 0.642. The Morgan fingerprint density at radius 2 is 2.06 bits per heavy atom. The maximum absolute atomic E-state index is 11.1. The number of methoxy groups -OCH3 is 1. The summed E-state index contributed by atoms with van der Waals surface area (Å²) in [5, 5.41) is 0. The summed E-state index contributed by atoms with van der Waals surface area (Å²) in [5.74, 6) is 0.462. The smallest absolute Gasteiger partial charge is 0.333 e. The fraction of sp³-hybridized carbons (Fsp3) is 0.308. The van der Waals surface area contributed by atoms with Crippen LogP contribution in [0.3, 0.4) is 0 Å². The molecule has 0 aliphatic carbocycles. The molecular formula is C13H16O3. The molecule has 1 aromatic carbocycles. The topological polar surface area (TPSA) is 35.5 Å². The molecule has 0 heterocycles. The Kier molecular flexibility index (Phi) is 4.58. The van der Waals surface area contributed by atoms with Crippen LogP contribution in [0.25, 0.3) is 0 Å². The van der Waals surface area contributed by atoms with Gasteiger partial charge in [-0.3, -0.25) is 0 Å². The predicted molar refractivity (Wildman–Crippen MR) is 62.5 cm³/mol. The highest BCUT2D eigenvalue weighted by atomic mass is 16.5. The number of rotatable bonds is 5. The zero-order valence-electron chi connectivity index (χ0n) is 9.66. The van der Waals surface area contributed by atoms with Crippen molar-refractivity contribution in [1.29, 1.82) is 0 Å².